The van der Waals surface area contributed by atoms with Gasteiger partial charge in [0.2, 0.25) is 0 Å². The van der Waals surface area contributed by atoms with Crippen LogP contribution < -0.4 is 10.6 Å². The maximum Gasteiger partial charge on any atom is 0.191 e. The van der Waals surface area contributed by atoms with E-state index >= 15 is 0 Å². The van der Waals surface area contributed by atoms with Crippen molar-refractivity contribution in [2.45, 2.75) is 46.3 Å². The van der Waals surface area contributed by atoms with E-state index in [-0.39, 0.29) is 24.0 Å². The van der Waals surface area contributed by atoms with Crippen LogP contribution in [0.15, 0.2) is 4.99 Å². The molecule has 7 nitrogen and oxygen atoms in total. The van der Waals surface area contributed by atoms with Crippen LogP contribution in [-0.2, 0) is 18.3 Å². The van der Waals surface area contributed by atoms with Crippen LogP contribution in [0, 0.1) is 12.8 Å². The number of aryl methyl sites for hydroxylation is 1. The number of hydrogen-bond donors (Lipinski definition) is 2. The maximum atomic E-state index is 5.64. The van der Waals surface area contributed by atoms with Gasteiger partial charge in [-0.25, -0.2) is 4.99 Å². The van der Waals surface area contributed by atoms with Crippen LogP contribution in [0.1, 0.15) is 38.3 Å². The predicted octanol–water partition coefficient (Wildman–Crippen LogP) is 1.61. The molecule has 0 amide bonds. The molecule has 1 aliphatic rings. The quantitative estimate of drug-likeness (QED) is 0.403. The monoisotopic (exact) mass is 436 g/mol. The highest BCUT2D eigenvalue weighted by atomic mass is 127. The number of ether oxygens (including phenoxy) is 1. The minimum absolute atomic E-state index is 0. The van der Waals surface area contributed by atoms with Crippen molar-refractivity contribution in [3.63, 3.8) is 0 Å². The summed E-state index contributed by atoms with van der Waals surface area (Å²) in [7, 11) is 1.96. The van der Waals surface area contributed by atoms with Crippen molar-refractivity contribution in [2.75, 3.05) is 19.7 Å². The molecule has 0 spiro atoms. The van der Waals surface area contributed by atoms with Gasteiger partial charge in [0.1, 0.15) is 12.4 Å². The first kappa shape index (κ1) is 20.1. The molecule has 0 saturated carbocycles. The molecule has 2 heterocycles. The number of nitrogens with zero attached hydrogens (tertiary/aromatic N) is 4. The third-order valence-electron chi connectivity index (χ3n) is 3.76. The van der Waals surface area contributed by atoms with Crippen molar-refractivity contribution in [3.8, 4) is 0 Å². The number of nitrogens with one attached hydrogen (secondary N) is 2. The molecule has 1 atom stereocenters. The zero-order chi connectivity index (χ0) is 15.9. The molecule has 1 aliphatic heterocycles. The van der Waals surface area contributed by atoms with Crippen molar-refractivity contribution in [1.29, 1.82) is 0 Å². The molecule has 0 radical (unpaired) electrons. The Morgan fingerprint density at radius 2 is 2.17 bits per heavy atom. The van der Waals surface area contributed by atoms with E-state index in [0.29, 0.717) is 18.6 Å². The van der Waals surface area contributed by atoms with Crippen LogP contribution in [0.2, 0.25) is 0 Å². The SMILES string of the molecule is Cc1nnc(CN=C(NCC(C)C)NCC2CCCO2)n1C.I. The molecule has 1 aromatic rings. The van der Waals surface area contributed by atoms with Crippen molar-refractivity contribution in [3.05, 3.63) is 11.6 Å². The lowest BCUT2D eigenvalue weighted by molar-refractivity contribution is 0.113. The molecule has 0 aromatic carbocycles. The number of rotatable bonds is 6. The molecule has 2 N–H and O–H groups in total. The maximum absolute atomic E-state index is 5.64. The highest BCUT2D eigenvalue weighted by Gasteiger charge is 2.15. The first-order chi connectivity index (χ1) is 10.6. The summed E-state index contributed by atoms with van der Waals surface area (Å²) >= 11 is 0. The molecule has 132 valence electrons. The summed E-state index contributed by atoms with van der Waals surface area (Å²) in [5.74, 6) is 3.13. The third kappa shape index (κ3) is 6.62. The second-order valence-electron chi connectivity index (χ2n) is 6.18. The second-order valence-corrected chi connectivity index (χ2v) is 6.18. The lowest BCUT2D eigenvalue weighted by Gasteiger charge is -2.16. The summed E-state index contributed by atoms with van der Waals surface area (Å²) in [6.45, 7) is 9.35. The second kappa shape index (κ2) is 10.1. The van der Waals surface area contributed by atoms with E-state index in [2.05, 4.69) is 39.7 Å². The summed E-state index contributed by atoms with van der Waals surface area (Å²) in [6.07, 6.45) is 2.56. The van der Waals surface area contributed by atoms with Crippen LogP contribution in [-0.4, -0.2) is 46.5 Å². The minimum atomic E-state index is 0. The molecule has 1 aromatic heterocycles. The standard InChI is InChI=1S/C15H28N6O.HI/c1-11(2)8-16-15(17-9-13-6-5-7-22-13)18-10-14-20-19-12(3)21(14)4;/h11,13H,5-10H2,1-4H3,(H2,16,17,18);1H. The Morgan fingerprint density at radius 3 is 2.74 bits per heavy atom. The Hall–Kier alpha value is -0.900. The van der Waals surface area contributed by atoms with Gasteiger partial charge < -0.3 is 19.9 Å². The fourth-order valence-corrected chi connectivity index (χ4v) is 2.23. The van der Waals surface area contributed by atoms with Gasteiger partial charge in [-0.2, -0.15) is 0 Å². The average molecular weight is 436 g/mol. The zero-order valence-electron chi connectivity index (χ0n) is 14.5. The molecular weight excluding hydrogens is 407 g/mol. The molecule has 0 bridgehead atoms. The highest BCUT2D eigenvalue weighted by Crippen LogP contribution is 2.10. The summed E-state index contributed by atoms with van der Waals surface area (Å²) in [6, 6.07) is 0. The van der Waals surface area contributed by atoms with E-state index in [1.54, 1.807) is 0 Å². The molecule has 1 unspecified atom stereocenters. The van der Waals surface area contributed by atoms with E-state index in [4.69, 9.17) is 4.74 Å². The van der Waals surface area contributed by atoms with Gasteiger partial charge in [0.15, 0.2) is 11.8 Å². The Bertz CT molecular complexity index is 496. The number of guanidine groups is 1. The number of aliphatic imine (C=N–C) groups is 1. The number of aromatic nitrogens is 3. The van der Waals surface area contributed by atoms with Gasteiger partial charge in [0.25, 0.3) is 0 Å². The van der Waals surface area contributed by atoms with E-state index in [9.17, 15) is 0 Å². The fourth-order valence-electron chi connectivity index (χ4n) is 2.23. The lowest BCUT2D eigenvalue weighted by Crippen LogP contribution is -2.42. The Labute approximate surface area is 155 Å². The van der Waals surface area contributed by atoms with Gasteiger partial charge in [0.05, 0.1) is 6.10 Å². The molecule has 23 heavy (non-hydrogen) atoms. The first-order valence-electron chi connectivity index (χ1n) is 8.05. The largest absolute Gasteiger partial charge is 0.376 e. The minimum Gasteiger partial charge on any atom is -0.376 e. The smallest absolute Gasteiger partial charge is 0.191 e. The molecule has 2 rings (SSSR count). The predicted molar refractivity (Wildman–Crippen MR) is 102 cm³/mol. The lowest BCUT2D eigenvalue weighted by atomic mass is 10.2. The van der Waals surface area contributed by atoms with E-state index in [0.717, 1.165) is 50.1 Å². The zero-order valence-corrected chi connectivity index (χ0v) is 16.8. The van der Waals surface area contributed by atoms with Gasteiger partial charge in [-0.3, -0.25) is 0 Å². The van der Waals surface area contributed by atoms with E-state index in [1.807, 2.05) is 18.5 Å². The van der Waals surface area contributed by atoms with Crippen molar-refractivity contribution in [1.82, 2.24) is 25.4 Å². The van der Waals surface area contributed by atoms with Crippen molar-refractivity contribution >= 4 is 29.9 Å². The van der Waals surface area contributed by atoms with Gasteiger partial charge in [-0.1, -0.05) is 13.8 Å². The molecule has 8 heteroatoms. The first-order valence-corrected chi connectivity index (χ1v) is 8.05. The molecule has 0 aliphatic carbocycles. The fraction of sp³-hybridized carbons (Fsp3) is 0.800. The highest BCUT2D eigenvalue weighted by molar-refractivity contribution is 14.0. The number of hydrogen-bond acceptors (Lipinski definition) is 4. The Kier molecular flexibility index (Phi) is 8.82. The van der Waals surface area contributed by atoms with Crippen LogP contribution in [0.5, 0.6) is 0 Å². The van der Waals surface area contributed by atoms with Crippen molar-refractivity contribution < 1.29 is 4.74 Å². The summed E-state index contributed by atoms with van der Waals surface area (Å²) < 4.78 is 7.60. The molecule has 1 saturated heterocycles. The normalized spacial score (nSPS) is 18.1. The summed E-state index contributed by atoms with van der Waals surface area (Å²) in [4.78, 5) is 4.62. The van der Waals surface area contributed by atoms with Crippen LogP contribution in [0.3, 0.4) is 0 Å². The average Bonchev–Trinajstić information content (AvgIpc) is 3.10. The van der Waals surface area contributed by atoms with Gasteiger partial charge in [-0.15, -0.1) is 34.2 Å². The molecular formula is C15H29IN6O. The van der Waals surface area contributed by atoms with E-state index < -0.39 is 0 Å². The Morgan fingerprint density at radius 1 is 1.39 bits per heavy atom. The third-order valence-corrected chi connectivity index (χ3v) is 3.76. The number of halogens is 1. The van der Waals surface area contributed by atoms with E-state index in [1.165, 1.54) is 0 Å². The van der Waals surface area contributed by atoms with Crippen molar-refractivity contribution in [2.24, 2.45) is 18.0 Å². The molecule has 1 fully saturated rings. The van der Waals surface area contributed by atoms with Crippen LogP contribution in [0.4, 0.5) is 0 Å². The topological polar surface area (TPSA) is 76.4 Å². The van der Waals surface area contributed by atoms with Crippen LogP contribution in [0.25, 0.3) is 0 Å². The summed E-state index contributed by atoms with van der Waals surface area (Å²) in [5, 5.41) is 14.9. The Balaban J connectivity index is 0.00000264. The van der Waals surface area contributed by atoms with Gasteiger partial charge >= 0.3 is 0 Å². The summed E-state index contributed by atoms with van der Waals surface area (Å²) in [5.41, 5.74) is 0. The van der Waals surface area contributed by atoms with Crippen LogP contribution >= 0.6 is 24.0 Å². The van der Waals surface area contributed by atoms with Gasteiger partial charge in [-0.05, 0) is 25.7 Å². The van der Waals surface area contributed by atoms with Gasteiger partial charge in [0, 0.05) is 26.7 Å².